The maximum Gasteiger partial charge on any atom is 0.259 e. The number of carbonyl (C=O) groups excluding carboxylic acids is 1. The second-order valence-electron chi connectivity index (χ2n) is 4.51. The molecule has 0 radical (unpaired) electrons. The Labute approximate surface area is 119 Å². The van der Waals surface area contributed by atoms with Crippen molar-refractivity contribution < 1.29 is 14.3 Å². The van der Waals surface area contributed by atoms with E-state index in [-0.39, 0.29) is 11.3 Å². The smallest absolute Gasteiger partial charge is 0.259 e. The average molecular weight is 282 g/mol. The van der Waals surface area contributed by atoms with Crippen LogP contribution in [0, 0.1) is 5.95 Å². The Kier molecular flexibility index (Phi) is 3.23. The van der Waals surface area contributed by atoms with E-state index in [2.05, 4.69) is 10.3 Å². The molecule has 0 bridgehead atoms. The minimum absolute atomic E-state index is 0.0827. The van der Waals surface area contributed by atoms with Crippen LogP contribution < -0.4 is 5.32 Å². The third-order valence-corrected chi connectivity index (χ3v) is 3.13. The fourth-order valence-electron chi connectivity index (χ4n) is 2.09. The van der Waals surface area contributed by atoms with Crippen molar-refractivity contribution in [3.05, 3.63) is 66.2 Å². The van der Waals surface area contributed by atoms with Crippen LogP contribution in [0.2, 0.25) is 0 Å². The van der Waals surface area contributed by atoms with Gasteiger partial charge in [-0.25, -0.2) is 4.98 Å². The first-order valence-corrected chi connectivity index (χ1v) is 6.29. The lowest BCUT2D eigenvalue weighted by Gasteiger charge is -2.08. The minimum Gasteiger partial charge on any atom is -0.506 e. The lowest BCUT2D eigenvalue weighted by Crippen LogP contribution is -2.12. The third kappa shape index (κ3) is 2.53. The van der Waals surface area contributed by atoms with Gasteiger partial charge in [0.25, 0.3) is 5.91 Å². The lowest BCUT2D eigenvalue weighted by molar-refractivity contribution is 0.102. The number of nitrogens with zero attached hydrogens (tertiary/aromatic N) is 1. The van der Waals surface area contributed by atoms with Crippen molar-refractivity contribution in [1.29, 1.82) is 0 Å². The van der Waals surface area contributed by atoms with Gasteiger partial charge in [0, 0.05) is 5.39 Å². The lowest BCUT2D eigenvalue weighted by atomic mass is 10.0. The van der Waals surface area contributed by atoms with Crippen molar-refractivity contribution in [3.63, 3.8) is 0 Å². The van der Waals surface area contributed by atoms with Crippen LogP contribution in [0.15, 0.2) is 54.7 Å². The van der Waals surface area contributed by atoms with E-state index < -0.39 is 11.9 Å². The maximum absolute atomic E-state index is 12.7. The standard InChI is InChI=1S/C16H11FN2O2/c17-14-8-6-11(9-18-14)19-16(21)13-7-5-10-3-1-2-4-12(10)15(13)20/h1-9,20H,(H,19,21). The number of phenols is 1. The predicted molar refractivity (Wildman–Crippen MR) is 77.8 cm³/mol. The first-order chi connectivity index (χ1) is 10.1. The third-order valence-electron chi connectivity index (χ3n) is 3.13. The zero-order valence-corrected chi connectivity index (χ0v) is 10.9. The summed E-state index contributed by atoms with van der Waals surface area (Å²) in [7, 11) is 0. The van der Waals surface area contributed by atoms with E-state index in [9.17, 15) is 14.3 Å². The summed E-state index contributed by atoms with van der Waals surface area (Å²) in [6.07, 6.45) is 1.21. The highest BCUT2D eigenvalue weighted by Gasteiger charge is 2.14. The van der Waals surface area contributed by atoms with E-state index in [1.54, 1.807) is 24.3 Å². The van der Waals surface area contributed by atoms with E-state index in [0.717, 1.165) is 11.5 Å². The fraction of sp³-hybridized carbons (Fsp3) is 0. The number of carbonyl (C=O) groups is 1. The van der Waals surface area contributed by atoms with E-state index in [1.165, 1.54) is 12.3 Å². The Hall–Kier alpha value is -2.95. The van der Waals surface area contributed by atoms with Gasteiger partial charge in [0.1, 0.15) is 5.75 Å². The summed E-state index contributed by atoms with van der Waals surface area (Å²) in [5, 5.41) is 14.2. The molecule has 0 atom stereocenters. The molecule has 5 heteroatoms. The highest BCUT2D eigenvalue weighted by atomic mass is 19.1. The molecule has 0 aliphatic rings. The number of aromatic hydroxyl groups is 1. The summed E-state index contributed by atoms with van der Waals surface area (Å²) in [6, 6.07) is 13.1. The number of anilines is 1. The van der Waals surface area contributed by atoms with Crippen molar-refractivity contribution >= 4 is 22.4 Å². The van der Waals surface area contributed by atoms with Crippen LogP contribution in [0.1, 0.15) is 10.4 Å². The molecule has 2 aromatic carbocycles. The summed E-state index contributed by atoms with van der Waals surface area (Å²) in [6.45, 7) is 0. The molecule has 1 heterocycles. The summed E-state index contributed by atoms with van der Waals surface area (Å²) >= 11 is 0. The number of pyridine rings is 1. The van der Waals surface area contributed by atoms with E-state index in [0.29, 0.717) is 11.1 Å². The summed E-state index contributed by atoms with van der Waals surface area (Å²) in [5.74, 6) is -1.19. The molecule has 104 valence electrons. The van der Waals surface area contributed by atoms with Crippen molar-refractivity contribution in [1.82, 2.24) is 4.98 Å². The monoisotopic (exact) mass is 282 g/mol. The summed E-state index contributed by atoms with van der Waals surface area (Å²) < 4.78 is 12.7. The van der Waals surface area contributed by atoms with Gasteiger partial charge in [-0.2, -0.15) is 4.39 Å². The summed E-state index contributed by atoms with van der Waals surface area (Å²) in [4.78, 5) is 15.6. The normalized spacial score (nSPS) is 10.5. The predicted octanol–water partition coefficient (Wildman–Crippen LogP) is 3.33. The number of nitrogens with one attached hydrogen (secondary N) is 1. The molecular weight excluding hydrogens is 271 g/mol. The van der Waals surface area contributed by atoms with Crippen LogP contribution in [0.4, 0.5) is 10.1 Å². The molecule has 1 aromatic heterocycles. The summed E-state index contributed by atoms with van der Waals surface area (Å²) in [5.41, 5.74) is 0.506. The topological polar surface area (TPSA) is 62.2 Å². The van der Waals surface area contributed by atoms with Crippen molar-refractivity contribution in [2.24, 2.45) is 0 Å². The maximum atomic E-state index is 12.7. The minimum atomic E-state index is -0.624. The van der Waals surface area contributed by atoms with Gasteiger partial charge in [-0.3, -0.25) is 4.79 Å². The molecule has 3 aromatic rings. The second kappa shape index (κ2) is 5.20. The van der Waals surface area contributed by atoms with Crippen molar-refractivity contribution in [2.45, 2.75) is 0 Å². The number of aromatic nitrogens is 1. The van der Waals surface area contributed by atoms with Gasteiger partial charge >= 0.3 is 0 Å². The second-order valence-corrected chi connectivity index (χ2v) is 4.51. The molecule has 0 unspecified atom stereocenters. The van der Waals surface area contributed by atoms with Crippen LogP contribution in [0.3, 0.4) is 0 Å². The SMILES string of the molecule is O=C(Nc1ccc(F)nc1)c1ccc2ccccc2c1O. The number of hydrogen-bond donors (Lipinski definition) is 2. The van der Waals surface area contributed by atoms with Gasteiger partial charge in [-0.15, -0.1) is 0 Å². The zero-order valence-electron chi connectivity index (χ0n) is 10.9. The van der Waals surface area contributed by atoms with Crippen LogP contribution in [-0.2, 0) is 0 Å². The molecular formula is C16H11FN2O2. The van der Waals surface area contributed by atoms with Crippen LogP contribution in [0.5, 0.6) is 5.75 Å². The Morgan fingerprint density at radius 2 is 1.90 bits per heavy atom. The Balaban J connectivity index is 1.94. The van der Waals surface area contributed by atoms with Crippen molar-refractivity contribution in [2.75, 3.05) is 5.32 Å². The van der Waals surface area contributed by atoms with Crippen LogP contribution in [-0.4, -0.2) is 16.0 Å². The number of fused-ring (bicyclic) bond motifs is 1. The highest BCUT2D eigenvalue weighted by molar-refractivity contribution is 6.09. The molecule has 21 heavy (non-hydrogen) atoms. The molecule has 4 nitrogen and oxygen atoms in total. The van der Waals surface area contributed by atoms with E-state index in [4.69, 9.17) is 0 Å². The number of amides is 1. The molecule has 2 N–H and O–H groups in total. The largest absolute Gasteiger partial charge is 0.506 e. The molecule has 0 fully saturated rings. The molecule has 0 aliphatic carbocycles. The Morgan fingerprint density at radius 3 is 2.67 bits per heavy atom. The first kappa shape index (κ1) is 13.1. The van der Waals surface area contributed by atoms with Gasteiger partial charge in [-0.1, -0.05) is 30.3 Å². The van der Waals surface area contributed by atoms with Crippen LogP contribution in [0.25, 0.3) is 10.8 Å². The Morgan fingerprint density at radius 1 is 1.10 bits per heavy atom. The molecule has 1 amide bonds. The van der Waals surface area contributed by atoms with Gasteiger partial charge < -0.3 is 10.4 Å². The molecule has 0 saturated carbocycles. The highest BCUT2D eigenvalue weighted by Crippen LogP contribution is 2.29. The van der Waals surface area contributed by atoms with Gasteiger partial charge in [0.05, 0.1) is 17.4 Å². The fourth-order valence-corrected chi connectivity index (χ4v) is 2.09. The number of benzene rings is 2. The van der Waals surface area contributed by atoms with Gasteiger partial charge in [0.2, 0.25) is 5.95 Å². The number of hydrogen-bond acceptors (Lipinski definition) is 3. The van der Waals surface area contributed by atoms with E-state index >= 15 is 0 Å². The number of halogens is 1. The van der Waals surface area contributed by atoms with E-state index in [1.807, 2.05) is 12.1 Å². The van der Waals surface area contributed by atoms with Gasteiger partial charge in [0.15, 0.2) is 0 Å². The Bertz CT molecular complexity index is 816. The zero-order chi connectivity index (χ0) is 14.8. The van der Waals surface area contributed by atoms with Crippen LogP contribution >= 0.6 is 0 Å². The molecule has 3 rings (SSSR count). The number of phenolic OH excluding ortho intramolecular Hbond substituents is 1. The number of rotatable bonds is 2. The molecule has 0 aliphatic heterocycles. The first-order valence-electron chi connectivity index (χ1n) is 6.29. The van der Waals surface area contributed by atoms with Crippen molar-refractivity contribution in [3.8, 4) is 5.75 Å². The average Bonchev–Trinajstić information content (AvgIpc) is 2.50. The quantitative estimate of drug-likeness (QED) is 0.709. The van der Waals surface area contributed by atoms with Gasteiger partial charge in [-0.05, 0) is 23.6 Å². The molecule has 0 spiro atoms. The molecule has 0 saturated heterocycles.